The lowest BCUT2D eigenvalue weighted by Gasteiger charge is -2.26. The predicted molar refractivity (Wildman–Crippen MR) is 71.9 cm³/mol. The average Bonchev–Trinajstić information content (AvgIpc) is 2.43. The number of pyridine rings is 1. The predicted octanol–water partition coefficient (Wildman–Crippen LogP) is 2.11. The number of rotatable bonds is 2. The first kappa shape index (κ1) is 12.2. The van der Waals surface area contributed by atoms with Gasteiger partial charge in [0.15, 0.2) is 0 Å². The van der Waals surface area contributed by atoms with Crippen LogP contribution in [0.1, 0.15) is 41.4 Å². The second-order valence-corrected chi connectivity index (χ2v) is 5.23. The summed E-state index contributed by atoms with van der Waals surface area (Å²) in [4.78, 5) is 16.2. The summed E-state index contributed by atoms with van der Waals surface area (Å²) < 4.78 is 0. The zero-order chi connectivity index (χ0) is 13.4. The summed E-state index contributed by atoms with van der Waals surface area (Å²) in [5.74, 6) is -0.514. The molecule has 3 rings (SSSR count). The van der Waals surface area contributed by atoms with E-state index in [4.69, 9.17) is 0 Å². The van der Waals surface area contributed by atoms with Gasteiger partial charge in [0.2, 0.25) is 0 Å². The van der Waals surface area contributed by atoms with Crippen molar-refractivity contribution < 1.29 is 9.90 Å². The monoisotopic (exact) mass is 254 g/mol. The maximum absolute atomic E-state index is 11.5. The molecular weight excluding hydrogens is 238 g/mol. The molecule has 1 heterocycles. The third-order valence-electron chi connectivity index (χ3n) is 4.14. The Balaban J connectivity index is 2.28. The van der Waals surface area contributed by atoms with Crippen LogP contribution in [-0.4, -0.2) is 11.0 Å². The van der Waals surface area contributed by atoms with Crippen LogP contribution in [0.25, 0.3) is 10.9 Å². The third kappa shape index (κ3) is 1.99. The van der Waals surface area contributed by atoms with Gasteiger partial charge < -0.3 is 9.90 Å². The molecule has 0 bridgehead atoms. The van der Waals surface area contributed by atoms with E-state index in [2.05, 4.69) is 11.9 Å². The van der Waals surface area contributed by atoms with Gasteiger partial charge in [0, 0.05) is 16.6 Å². The molecule has 0 radical (unpaired) electrons. The summed E-state index contributed by atoms with van der Waals surface area (Å²) >= 11 is 0. The van der Waals surface area contributed by atoms with Crippen molar-refractivity contribution in [1.29, 1.82) is 0 Å². The lowest BCUT2D eigenvalue weighted by atomic mass is 9.82. The van der Waals surface area contributed by atoms with E-state index >= 15 is 0 Å². The number of nitrogens with zero attached hydrogens (tertiary/aromatic N) is 1. The quantitative estimate of drug-likeness (QED) is 0.824. The number of hydrogen-bond donors (Lipinski definition) is 0. The van der Waals surface area contributed by atoms with Crippen LogP contribution in [0.5, 0.6) is 0 Å². The molecule has 0 saturated heterocycles. The summed E-state index contributed by atoms with van der Waals surface area (Å²) in [5.41, 5.74) is 2.97. The van der Waals surface area contributed by atoms with Crippen molar-refractivity contribution in [3.63, 3.8) is 0 Å². The fourth-order valence-corrected chi connectivity index (χ4v) is 3.04. The molecule has 1 aliphatic carbocycles. The van der Waals surface area contributed by atoms with Gasteiger partial charge in [-0.05, 0) is 36.8 Å². The molecule has 98 valence electrons. The van der Waals surface area contributed by atoms with Crippen LogP contribution in [0.15, 0.2) is 24.3 Å². The molecule has 3 heteroatoms. The van der Waals surface area contributed by atoms with Crippen molar-refractivity contribution in [2.24, 2.45) is 5.92 Å². The van der Waals surface area contributed by atoms with E-state index in [0.717, 1.165) is 42.5 Å². The molecule has 3 nitrogen and oxygen atoms in total. The lowest BCUT2D eigenvalue weighted by molar-refractivity contribution is -0.254. The summed E-state index contributed by atoms with van der Waals surface area (Å²) in [6, 6.07) is 7.43. The molecule has 0 amide bonds. The number of aromatic carboxylic acids is 1. The van der Waals surface area contributed by atoms with E-state index in [1.54, 1.807) is 0 Å². The van der Waals surface area contributed by atoms with E-state index in [-0.39, 0.29) is 0 Å². The highest BCUT2D eigenvalue weighted by molar-refractivity contribution is 6.03. The van der Waals surface area contributed by atoms with E-state index in [9.17, 15) is 9.90 Å². The topological polar surface area (TPSA) is 53.0 Å². The van der Waals surface area contributed by atoms with Crippen molar-refractivity contribution in [2.75, 3.05) is 0 Å². The van der Waals surface area contributed by atoms with Gasteiger partial charge in [0.05, 0.1) is 11.5 Å². The smallest absolute Gasteiger partial charge is 0.0725 e. The zero-order valence-electron chi connectivity index (χ0n) is 11.0. The molecule has 0 saturated carbocycles. The first-order valence-corrected chi connectivity index (χ1v) is 6.82. The number of carbonyl (C=O) groups excluding carboxylic acids is 1. The third-order valence-corrected chi connectivity index (χ3v) is 4.14. The van der Waals surface area contributed by atoms with Crippen LogP contribution in [0, 0.1) is 5.92 Å². The van der Waals surface area contributed by atoms with E-state index in [0.29, 0.717) is 16.9 Å². The molecule has 0 aliphatic heterocycles. The molecule has 1 aromatic carbocycles. The first-order valence-electron chi connectivity index (χ1n) is 6.82. The lowest BCUT2D eigenvalue weighted by Crippen LogP contribution is -2.27. The second-order valence-electron chi connectivity index (χ2n) is 5.23. The van der Waals surface area contributed by atoms with Gasteiger partial charge in [-0.1, -0.05) is 31.5 Å². The number of benzene rings is 1. The number of hydrogen-bond acceptors (Lipinski definition) is 3. The zero-order valence-corrected chi connectivity index (χ0v) is 11.0. The number of carboxylic acids is 1. The number of fused-ring (bicyclic) bond motifs is 2. The first-order chi connectivity index (χ1) is 9.20. The summed E-state index contributed by atoms with van der Waals surface area (Å²) in [6.45, 7) is 2.16. The Kier molecular flexibility index (Phi) is 2.97. The molecular formula is C16H16NO2-. The Bertz CT molecular complexity index is 648. The summed E-state index contributed by atoms with van der Waals surface area (Å²) in [6.07, 6.45) is 3.87. The largest absolute Gasteiger partial charge is 0.545 e. The SMILES string of the molecule is CC[C@@H]1CCc2nc3ccccc3c(C(=O)[O-])c2C1. The van der Waals surface area contributed by atoms with Gasteiger partial charge in [-0.15, -0.1) is 0 Å². The molecule has 2 aromatic rings. The number of carbonyl (C=O) groups is 1. The average molecular weight is 254 g/mol. The van der Waals surface area contributed by atoms with Crippen molar-refractivity contribution in [3.8, 4) is 0 Å². The van der Waals surface area contributed by atoms with Crippen LogP contribution >= 0.6 is 0 Å². The highest BCUT2D eigenvalue weighted by Gasteiger charge is 2.23. The van der Waals surface area contributed by atoms with E-state index in [1.807, 2.05) is 24.3 Å². The maximum Gasteiger partial charge on any atom is 0.0725 e. The van der Waals surface area contributed by atoms with Gasteiger partial charge in [-0.25, -0.2) is 0 Å². The highest BCUT2D eigenvalue weighted by Crippen LogP contribution is 2.32. The minimum absolute atomic E-state index is 0.360. The molecule has 1 atom stereocenters. The van der Waals surface area contributed by atoms with Crippen molar-refractivity contribution in [1.82, 2.24) is 4.98 Å². The minimum atomic E-state index is -1.08. The number of aryl methyl sites for hydroxylation is 1. The fraction of sp³-hybridized carbons (Fsp3) is 0.375. The summed E-state index contributed by atoms with van der Waals surface area (Å²) in [5, 5.41) is 12.2. The van der Waals surface area contributed by atoms with Crippen LogP contribution in [0.2, 0.25) is 0 Å². The standard InChI is InChI=1S/C16H17NO2/c1-2-10-7-8-14-12(9-10)15(16(18)19)11-5-3-4-6-13(11)17-14/h3-6,10H,2,7-9H2,1H3,(H,18,19)/p-1/t10-/m1/s1. The van der Waals surface area contributed by atoms with Crippen molar-refractivity contribution >= 4 is 16.9 Å². The normalized spacial score (nSPS) is 18.3. The molecule has 0 spiro atoms. The molecule has 0 N–H and O–H groups in total. The van der Waals surface area contributed by atoms with Crippen LogP contribution < -0.4 is 5.11 Å². The molecule has 1 aliphatic rings. The Morgan fingerprint density at radius 2 is 2.21 bits per heavy atom. The molecule has 0 unspecified atom stereocenters. The van der Waals surface area contributed by atoms with Crippen molar-refractivity contribution in [2.45, 2.75) is 32.6 Å². The van der Waals surface area contributed by atoms with Gasteiger partial charge in [-0.3, -0.25) is 4.98 Å². The van der Waals surface area contributed by atoms with Gasteiger partial charge in [-0.2, -0.15) is 0 Å². The fourth-order valence-electron chi connectivity index (χ4n) is 3.04. The Labute approximate surface area is 112 Å². The van der Waals surface area contributed by atoms with Gasteiger partial charge >= 0.3 is 0 Å². The minimum Gasteiger partial charge on any atom is -0.545 e. The number of aromatic nitrogens is 1. The van der Waals surface area contributed by atoms with Crippen LogP contribution in [-0.2, 0) is 12.8 Å². The van der Waals surface area contributed by atoms with Crippen LogP contribution in [0.3, 0.4) is 0 Å². The maximum atomic E-state index is 11.5. The molecule has 1 aromatic heterocycles. The van der Waals surface area contributed by atoms with Gasteiger partial charge in [0.25, 0.3) is 0 Å². The van der Waals surface area contributed by atoms with E-state index < -0.39 is 5.97 Å². The second kappa shape index (κ2) is 4.65. The number of para-hydroxylation sites is 1. The van der Waals surface area contributed by atoms with Gasteiger partial charge in [0.1, 0.15) is 0 Å². The Morgan fingerprint density at radius 3 is 2.95 bits per heavy atom. The summed E-state index contributed by atoms with van der Waals surface area (Å²) in [7, 11) is 0. The number of carboxylic acid groups (broad SMARTS) is 1. The van der Waals surface area contributed by atoms with E-state index in [1.165, 1.54) is 0 Å². The Hall–Kier alpha value is -1.90. The van der Waals surface area contributed by atoms with Crippen LogP contribution in [0.4, 0.5) is 0 Å². The molecule has 19 heavy (non-hydrogen) atoms. The highest BCUT2D eigenvalue weighted by atomic mass is 16.4. The molecule has 0 fully saturated rings. The van der Waals surface area contributed by atoms with Crippen molar-refractivity contribution in [3.05, 3.63) is 41.1 Å². The Morgan fingerprint density at radius 1 is 1.42 bits per heavy atom.